The molecule has 21 heavy (non-hydrogen) atoms. The van der Waals surface area contributed by atoms with E-state index < -0.39 is 0 Å². The van der Waals surface area contributed by atoms with Crippen molar-refractivity contribution < 1.29 is 4.74 Å². The molecule has 2 fully saturated rings. The standard InChI is InChI=1S/C17H25N3O/c1-12-3-6-14(16(9-12)21-11-13-4-5-13)10-19-17(18)20(2)15-7-8-15/h3,6,9,13,15H,4-5,7-8,10-11H2,1-2H3,(H2,18,19). The Balaban J connectivity index is 1.66. The molecule has 0 bridgehead atoms. The highest BCUT2D eigenvalue weighted by Crippen LogP contribution is 2.31. The fraction of sp³-hybridized carbons (Fsp3) is 0.588. The molecule has 0 aromatic heterocycles. The van der Waals surface area contributed by atoms with Crippen LogP contribution in [0.25, 0.3) is 0 Å². The highest BCUT2D eigenvalue weighted by Gasteiger charge is 2.27. The lowest BCUT2D eigenvalue weighted by Gasteiger charge is -2.17. The van der Waals surface area contributed by atoms with E-state index in [4.69, 9.17) is 10.5 Å². The fourth-order valence-corrected chi connectivity index (χ4v) is 2.35. The first kappa shape index (κ1) is 14.2. The van der Waals surface area contributed by atoms with Crippen LogP contribution in [0, 0.1) is 12.8 Å². The predicted octanol–water partition coefficient (Wildman–Crippen LogP) is 2.69. The minimum atomic E-state index is 0.586. The number of nitrogens with two attached hydrogens (primary N) is 1. The number of aryl methyl sites for hydroxylation is 1. The number of ether oxygens (including phenoxy) is 1. The number of hydrogen-bond donors (Lipinski definition) is 1. The molecule has 0 unspecified atom stereocenters. The zero-order valence-electron chi connectivity index (χ0n) is 13.0. The summed E-state index contributed by atoms with van der Waals surface area (Å²) < 4.78 is 5.97. The van der Waals surface area contributed by atoms with Crippen molar-refractivity contribution in [2.75, 3.05) is 13.7 Å². The molecule has 1 aromatic rings. The minimum Gasteiger partial charge on any atom is -0.493 e. The first-order valence-electron chi connectivity index (χ1n) is 7.88. The summed E-state index contributed by atoms with van der Waals surface area (Å²) in [5.41, 5.74) is 8.39. The molecule has 0 heterocycles. The van der Waals surface area contributed by atoms with E-state index >= 15 is 0 Å². The lowest BCUT2D eigenvalue weighted by Crippen LogP contribution is -2.35. The number of benzene rings is 1. The molecular formula is C17H25N3O. The molecule has 1 aromatic carbocycles. The molecule has 2 aliphatic rings. The second-order valence-electron chi connectivity index (χ2n) is 6.38. The van der Waals surface area contributed by atoms with Crippen LogP contribution in [0.4, 0.5) is 0 Å². The first-order valence-corrected chi connectivity index (χ1v) is 7.88. The van der Waals surface area contributed by atoms with Gasteiger partial charge in [0.1, 0.15) is 5.75 Å². The Labute approximate surface area is 127 Å². The van der Waals surface area contributed by atoms with Gasteiger partial charge >= 0.3 is 0 Å². The van der Waals surface area contributed by atoms with E-state index in [1.54, 1.807) is 0 Å². The van der Waals surface area contributed by atoms with Gasteiger partial charge in [-0.05, 0) is 50.2 Å². The third-order valence-corrected chi connectivity index (χ3v) is 4.26. The summed E-state index contributed by atoms with van der Waals surface area (Å²) in [5.74, 6) is 2.35. The number of guanidine groups is 1. The Hall–Kier alpha value is -1.71. The second kappa shape index (κ2) is 5.96. The van der Waals surface area contributed by atoms with Gasteiger partial charge in [-0.25, -0.2) is 4.99 Å². The van der Waals surface area contributed by atoms with Crippen molar-refractivity contribution in [3.63, 3.8) is 0 Å². The predicted molar refractivity (Wildman–Crippen MR) is 85.5 cm³/mol. The highest BCUT2D eigenvalue weighted by atomic mass is 16.5. The molecule has 0 aliphatic heterocycles. The molecule has 2 aliphatic carbocycles. The summed E-state index contributed by atoms with van der Waals surface area (Å²) in [7, 11) is 2.02. The zero-order valence-corrected chi connectivity index (χ0v) is 13.0. The fourth-order valence-electron chi connectivity index (χ4n) is 2.35. The summed E-state index contributed by atoms with van der Waals surface area (Å²) in [6.45, 7) is 3.51. The number of rotatable bonds is 6. The Morgan fingerprint density at radius 2 is 2.10 bits per heavy atom. The second-order valence-corrected chi connectivity index (χ2v) is 6.38. The van der Waals surface area contributed by atoms with Crippen LogP contribution in [0.5, 0.6) is 5.75 Å². The van der Waals surface area contributed by atoms with E-state index in [2.05, 4.69) is 35.0 Å². The van der Waals surface area contributed by atoms with Gasteiger partial charge < -0.3 is 15.4 Å². The van der Waals surface area contributed by atoms with Crippen molar-refractivity contribution in [2.45, 2.75) is 45.2 Å². The van der Waals surface area contributed by atoms with Crippen molar-refractivity contribution in [3.05, 3.63) is 29.3 Å². The lowest BCUT2D eigenvalue weighted by molar-refractivity contribution is 0.296. The lowest BCUT2D eigenvalue weighted by atomic mass is 10.1. The van der Waals surface area contributed by atoms with Crippen LogP contribution in [-0.4, -0.2) is 30.6 Å². The van der Waals surface area contributed by atoms with Gasteiger partial charge in [-0.1, -0.05) is 12.1 Å². The van der Waals surface area contributed by atoms with Gasteiger partial charge in [0.05, 0.1) is 13.2 Å². The van der Waals surface area contributed by atoms with Crippen molar-refractivity contribution >= 4 is 5.96 Å². The minimum absolute atomic E-state index is 0.586. The Morgan fingerprint density at radius 3 is 2.76 bits per heavy atom. The number of aliphatic imine (C=N–C) groups is 1. The van der Waals surface area contributed by atoms with Crippen LogP contribution >= 0.6 is 0 Å². The zero-order chi connectivity index (χ0) is 14.8. The molecule has 0 saturated heterocycles. The molecular weight excluding hydrogens is 262 g/mol. The van der Waals surface area contributed by atoms with Crippen molar-refractivity contribution in [3.8, 4) is 5.75 Å². The Kier molecular flexibility index (Phi) is 4.04. The third-order valence-electron chi connectivity index (χ3n) is 4.26. The van der Waals surface area contributed by atoms with Gasteiger partial charge in [0, 0.05) is 18.7 Å². The summed E-state index contributed by atoms with van der Waals surface area (Å²) in [4.78, 5) is 6.61. The molecule has 0 atom stereocenters. The van der Waals surface area contributed by atoms with Crippen LogP contribution in [0.15, 0.2) is 23.2 Å². The maximum absolute atomic E-state index is 6.05. The molecule has 0 spiro atoms. The van der Waals surface area contributed by atoms with Crippen molar-refractivity contribution in [1.29, 1.82) is 0 Å². The third kappa shape index (κ3) is 3.90. The summed E-state index contributed by atoms with van der Waals surface area (Å²) >= 11 is 0. The molecule has 114 valence electrons. The summed E-state index contributed by atoms with van der Waals surface area (Å²) in [6.07, 6.45) is 5.07. The van der Waals surface area contributed by atoms with Gasteiger partial charge in [0.25, 0.3) is 0 Å². The van der Waals surface area contributed by atoms with Gasteiger partial charge in [0.15, 0.2) is 5.96 Å². The molecule has 4 nitrogen and oxygen atoms in total. The monoisotopic (exact) mass is 287 g/mol. The maximum atomic E-state index is 6.05. The molecule has 0 amide bonds. The topological polar surface area (TPSA) is 50.8 Å². The van der Waals surface area contributed by atoms with Crippen LogP contribution in [-0.2, 0) is 6.54 Å². The molecule has 2 saturated carbocycles. The van der Waals surface area contributed by atoms with Gasteiger partial charge in [0.2, 0.25) is 0 Å². The molecule has 2 N–H and O–H groups in total. The summed E-state index contributed by atoms with van der Waals surface area (Å²) in [5, 5.41) is 0. The van der Waals surface area contributed by atoms with Crippen LogP contribution in [0.1, 0.15) is 36.8 Å². The quantitative estimate of drug-likeness (QED) is 0.646. The van der Waals surface area contributed by atoms with E-state index in [0.29, 0.717) is 18.5 Å². The largest absolute Gasteiger partial charge is 0.493 e. The SMILES string of the molecule is Cc1ccc(CN=C(N)N(C)C2CC2)c(OCC2CC2)c1. The average molecular weight is 287 g/mol. The van der Waals surface area contributed by atoms with Crippen molar-refractivity contribution in [1.82, 2.24) is 4.90 Å². The van der Waals surface area contributed by atoms with E-state index in [1.165, 1.54) is 31.2 Å². The van der Waals surface area contributed by atoms with Gasteiger partial charge in [-0.3, -0.25) is 0 Å². The Bertz CT molecular complexity index is 533. The van der Waals surface area contributed by atoms with E-state index in [0.717, 1.165) is 23.8 Å². The van der Waals surface area contributed by atoms with Gasteiger partial charge in [-0.15, -0.1) is 0 Å². The average Bonchev–Trinajstić information content (AvgIpc) is 3.36. The number of hydrogen-bond acceptors (Lipinski definition) is 2. The first-order chi connectivity index (χ1) is 10.1. The van der Waals surface area contributed by atoms with E-state index in [9.17, 15) is 0 Å². The van der Waals surface area contributed by atoms with E-state index in [-0.39, 0.29) is 0 Å². The number of nitrogens with zero attached hydrogens (tertiary/aromatic N) is 2. The highest BCUT2D eigenvalue weighted by molar-refractivity contribution is 5.78. The maximum Gasteiger partial charge on any atom is 0.191 e. The molecule has 4 heteroatoms. The molecule has 0 radical (unpaired) electrons. The van der Waals surface area contributed by atoms with Crippen LogP contribution in [0.2, 0.25) is 0 Å². The Morgan fingerprint density at radius 1 is 1.33 bits per heavy atom. The van der Waals surface area contributed by atoms with E-state index in [1.807, 2.05) is 7.05 Å². The van der Waals surface area contributed by atoms with Crippen LogP contribution < -0.4 is 10.5 Å². The smallest absolute Gasteiger partial charge is 0.191 e. The summed E-state index contributed by atoms with van der Waals surface area (Å²) in [6, 6.07) is 6.91. The van der Waals surface area contributed by atoms with Gasteiger partial charge in [-0.2, -0.15) is 0 Å². The normalized spacial score (nSPS) is 18.7. The van der Waals surface area contributed by atoms with Crippen LogP contribution in [0.3, 0.4) is 0 Å². The van der Waals surface area contributed by atoms with Crippen molar-refractivity contribution in [2.24, 2.45) is 16.6 Å². The molecule has 3 rings (SSSR count).